The van der Waals surface area contributed by atoms with Crippen LogP contribution in [0.15, 0.2) is 84.8 Å². The second-order valence-corrected chi connectivity index (χ2v) is 8.53. The van der Waals surface area contributed by atoms with Gasteiger partial charge in [0, 0.05) is 0 Å². The van der Waals surface area contributed by atoms with Crippen molar-refractivity contribution in [2.24, 2.45) is 0 Å². The van der Waals surface area contributed by atoms with Crippen molar-refractivity contribution in [3.8, 4) is 24.7 Å². The van der Waals surface area contributed by atoms with Gasteiger partial charge in [0.1, 0.15) is 12.2 Å². The van der Waals surface area contributed by atoms with E-state index in [4.69, 9.17) is 17.6 Å². The summed E-state index contributed by atoms with van der Waals surface area (Å²) in [6, 6.07) is 14.8. The average Bonchev–Trinajstić information content (AvgIpc) is 2.76. The van der Waals surface area contributed by atoms with Crippen LogP contribution in [0.1, 0.15) is 17.2 Å². The minimum atomic E-state index is -3.99. The fraction of sp³-hybridized carbons (Fsp3) is 0.200. The summed E-state index contributed by atoms with van der Waals surface area (Å²) >= 11 is 0. The molecule has 0 spiro atoms. The minimum Gasteiger partial charge on any atom is -0.352 e. The first-order valence-corrected chi connectivity index (χ1v) is 10.7. The normalized spacial score (nSPS) is 12.5. The van der Waals surface area contributed by atoms with Crippen molar-refractivity contribution < 1.29 is 13.2 Å². The van der Waals surface area contributed by atoms with Gasteiger partial charge in [-0.1, -0.05) is 85.2 Å². The topological polar surface area (TPSA) is 46.6 Å². The predicted molar refractivity (Wildman–Crippen MR) is 121 cm³/mol. The molecule has 0 N–H and O–H groups in total. The molecule has 0 bridgehead atoms. The highest BCUT2D eigenvalue weighted by Gasteiger charge is 2.44. The minimum absolute atomic E-state index is 0.0597. The molecule has 154 valence electrons. The van der Waals surface area contributed by atoms with E-state index in [9.17, 15) is 8.42 Å². The van der Waals surface area contributed by atoms with Gasteiger partial charge in [0.15, 0.2) is 0 Å². The first kappa shape index (κ1) is 23.2. The molecule has 0 heterocycles. The monoisotopic (exact) mass is 419 g/mol. The molecule has 0 radical (unpaired) electrons. The molecule has 2 aromatic carbocycles. The number of hydrogen-bond donors (Lipinski definition) is 0. The molecule has 1 unspecified atom stereocenters. The second-order valence-electron chi connectivity index (χ2n) is 6.64. The molecule has 30 heavy (non-hydrogen) atoms. The van der Waals surface area contributed by atoms with E-state index in [1.807, 2.05) is 25.1 Å². The number of rotatable bonds is 10. The van der Waals surface area contributed by atoms with Gasteiger partial charge in [-0.05, 0) is 24.6 Å². The maximum absolute atomic E-state index is 13.7. The average molecular weight is 420 g/mol. The van der Waals surface area contributed by atoms with E-state index in [0.29, 0.717) is 5.56 Å². The summed E-state index contributed by atoms with van der Waals surface area (Å²) < 4.78 is 34.5. The van der Waals surface area contributed by atoms with Gasteiger partial charge in [-0.3, -0.25) is 0 Å². The maximum Gasteiger partial charge on any atom is 0.244 e. The van der Waals surface area contributed by atoms with Crippen molar-refractivity contribution in [1.82, 2.24) is 4.31 Å². The molecule has 0 fully saturated rings. The highest BCUT2D eigenvalue weighted by Crippen LogP contribution is 2.40. The van der Waals surface area contributed by atoms with Crippen LogP contribution in [0.5, 0.6) is 0 Å². The SMILES string of the molecule is C#CCOC(C=C)(C=C)C(c1ccccc1)N(CC#C)S(=O)(=O)c1ccc(C)cc1. The lowest BCUT2D eigenvalue weighted by molar-refractivity contribution is -0.000896. The Balaban J connectivity index is 2.77. The molecule has 5 heteroatoms. The summed E-state index contributed by atoms with van der Waals surface area (Å²) in [6.07, 6.45) is 14.0. The third-order valence-corrected chi connectivity index (χ3v) is 6.57. The van der Waals surface area contributed by atoms with Crippen molar-refractivity contribution in [3.05, 3.63) is 91.0 Å². The molecule has 4 nitrogen and oxygen atoms in total. The van der Waals surface area contributed by atoms with Crippen LogP contribution in [0.2, 0.25) is 0 Å². The Hall–Kier alpha value is -3.09. The van der Waals surface area contributed by atoms with Crippen molar-refractivity contribution in [2.75, 3.05) is 13.2 Å². The summed E-state index contributed by atoms with van der Waals surface area (Å²) in [5.74, 6) is 4.88. The quantitative estimate of drug-likeness (QED) is 0.430. The van der Waals surface area contributed by atoms with E-state index in [2.05, 4.69) is 25.0 Å². The number of hydrogen-bond acceptors (Lipinski definition) is 3. The summed E-state index contributed by atoms with van der Waals surface area (Å²) in [4.78, 5) is 0.128. The van der Waals surface area contributed by atoms with Gasteiger partial charge in [-0.2, -0.15) is 4.31 Å². The molecule has 0 aliphatic heterocycles. The number of nitrogens with zero attached hydrogens (tertiary/aromatic N) is 1. The lowest BCUT2D eigenvalue weighted by Crippen LogP contribution is -2.48. The molecule has 2 rings (SSSR count). The molecule has 0 amide bonds. The van der Waals surface area contributed by atoms with E-state index in [1.54, 1.807) is 36.4 Å². The summed E-state index contributed by atoms with van der Waals surface area (Å²) in [7, 11) is -3.99. The molecular formula is C25H25NO3S. The highest BCUT2D eigenvalue weighted by atomic mass is 32.2. The van der Waals surface area contributed by atoms with Gasteiger partial charge < -0.3 is 4.74 Å². The fourth-order valence-corrected chi connectivity index (χ4v) is 4.77. The largest absolute Gasteiger partial charge is 0.352 e. The number of sulfonamides is 1. The molecule has 0 aromatic heterocycles. The van der Waals surface area contributed by atoms with Crippen LogP contribution < -0.4 is 0 Å². The lowest BCUT2D eigenvalue weighted by atomic mass is 9.88. The van der Waals surface area contributed by atoms with Crippen LogP contribution in [-0.4, -0.2) is 31.5 Å². The van der Waals surface area contributed by atoms with E-state index < -0.39 is 21.7 Å². The zero-order valence-electron chi connectivity index (χ0n) is 17.0. The molecule has 0 aliphatic rings. The van der Waals surface area contributed by atoms with E-state index in [0.717, 1.165) is 5.56 Å². The fourth-order valence-electron chi connectivity index (χ4n) is 3.21. The molecule has 0 aliphatic carbocycles. The van der Waals surface area contributed by atoms with Crippen LogP contribution in [0, 0.1) is 31.6 Å². The molecule has 2 aromatic rings. The number of ether oxygens (including phenoxy) is 1. The van der Waals surface area contributed by atoms with Crippen molar-refractivity contribution in [2.45, 2.75) is 23.5 Å². The summed E-state index contributed by atoms with van der Waals surface area (Å²) in [5, 5.41) is 0. The maximum atomic E-state index is 13.7. The first-order valence-electron chi connectivity index (χ1n) is 9.27. The van der Waals surface area contributed by atoms with E-state index in [-0.39, 0.29) is 18.0 Å². The molecular weight excluding hydrogens is 394 g/mol. The number of benzene rings is 2. The van der Waals surface area contributed by atoms with Crippen LogP contribution in [0.3, 0.4) is 0 Å². The van der Waals surface area contributed by atoms with Gasteiger partial charge in [0.2, 0.25) is 10.0 Å². The van der Waals surface area contributed by atoms with Crippen LogP contribution in [0.25, 0.3) is 0 Å². The van der Waals surface area contributed by atoms with Gasteiger partial charge >= 0.3 is 0 Å². The van der Waals surface area contributed by atoms with Crippen LogP contribution in [0.4, 0.5) is 0 Å². The Bertz CT molecular complexity index is 1050. The van der Waals surface area contributed by atoms with Gasteiger partial charge in [-0.25, -0.2) is 8.42 Å². The zero-order valence-corrected chi connectivity index (χ0v) is 17.8. The summed E-state index contributed by atoms with van der Waals surface area (Å²) in [6.45, 7) is 9.39. The van der Waals surface area contributed by atoms with E-state index in [1.165, 1.54) is 16.5 Å². The number of terminal acetylenes is 2. The van der Waals surface area contributed by atoms with E-state index >= 15 is 0 Å². The third kappa shape index (κ3) is 4.72. The molecule has 1 atom stereocenters. The smallest absolute Gasteiger partial charge is 0.244 e. The first-order chi connectivity index (χ1) is 14.4. The van der Waals surface area contributed by atoms with Gasteiger partial charge in [0.05, 0.1) is 17.5 Å². The lowest BCUT2D eigenvalue weighted by Gasteiger charge is -2.41. The Morgan fingerprint density at radius 2 is 1.67 bits per heavy atom. The zero-order chi connectivity index (χ0) is 22.2. The standard InChI is InChI=1S/C25H25NO3S/c1-6-19-26(30(27,28)23-17-15-21(5)16-18-23)24(22-13-11-10-12-14-22)25(8-3,9-4)29-20-7-2/h1-2,8-18,24H,3-4,19-20H2,5H3. The summed E-state index contributed by atoms with van der Waals surface area (Å²) in [5.41, 5.74) is 0.309. The predicted octanol–water partition coefficient (Wildman–Crippen LogP) is 4.12. The van der Waals surface area contributed by atoms with Crippen molar-refractivity contribution in [1.29, 1.82) is 0 Å². The Morgan fingerprint density at radius 1 is 1.07 bits per heavy atom. The van der Waals surface area contributed by atoms with Crippen LogP contribution in [-0.2, 0) is 14.8 Å². The van der Waals surface area contributed by atoms with Gasteiger partial charge in [0.25, 0.3) is 0 Å². The highest BCUT2D eigenvalue weighted by molar-refractivity contribution is 7.89. The van der Waals surface area contributed by atoms with Crippen molar-refractivity contribution in [3.63, 3.8) is 0 Å². The molecule has 0 saturated heterocycles. The van der Waals surface area contributed by atoms with Crippen LogP contribution >= 0.6 is 0 Å². The Morgan fingerprint density at radius 3 is 2.17 bits per heavy atom. The molecule has 0 saturated carbocycles. The third-order valence-electron chi connectivity index (χ3n) is 4.75. The Kier molecular flexibility index (Phi) is 7.80. The second kappa shape index (κ2) is 10.1. The Labute approximate surface area is 179 Å². The number of aryl methyl sites for hydroxylation is 1. The van der Waals surface area contributed by atoms with Gasteiger partial charge in [-0.15, -0.1) is 12.8 Å². The van der Waals surface area contributed by atoms with Crippen molar-refractivity contribution >= 4 is 10.0 Å².